The molecule has 1 unspecified atom stereocenters. The first kappa shape index (κ1) is 11.2. The number of nitrogens with two attached hydrogens (primary N) is 1. The van der Waals surface area contributed by atoms with Gasteiger partial charge in [-0.2, -0.15) is 0 Å². The van der Waals surface area contributed by atoms with Gasteiger partial charge in [-0.05, 0) is 43.3 Å². The van der Waals surface area contributed by atoms with Gasteiger partial charge in [0.15, 0.2) is 0 Å². The summed E-state index contributed by atoms with van der Waals surface area (Å²) in [5, 5.41) is 0. The molecular formula is C15H22N2. The van der Waals surface area contributed by atoms with E-state index in [2.05, 4.69) is 42.2 Å². The Labute approximate surface area is 104 Å². The first-order valence-electron chi connectivity index (χ1n) is 6.82. The van der Waals surface area contributed by atoms with E-state index in [0.29, 0.717) is 18.0 Å². The van der Waals surface area contributed by atoms with Crippen LogP contribution in [0.3, 0.4) is 0 Å². The van der Waals surface area contributed by atoms with Crippen LogP contribution in [0.1, 0.15) is 31.2 Å². The van der Waals surface area contributed by atoms with Crippen LogP contribution in [0.25, 0.3) is 0 Å². The Balaban J connectivity index is 1.84. The van der Waals surface area contributed by atoms with Crippen molar-refractivity contribution in [1.29, 1.82) is 0 Å². The summed E-state index contributed by atoms with van der Waals surface area (Å²) in [6.07, 6.45) is 2.61. The molecule has 2 nitrogen and oxygen atoms in total. The summed E-state index contributed by atoms with van der Waals surface area (Å²) in [5.41, 5.74) is 7.89. The number of benzene rings is 1. The van der Waals surface area contributed by atoms with Gasteiger partial charge in [-0.25, -0.2) is 0 Å². The fourth-order valence-electron chi connectivity index (χ4n) is 3.73. The maximum absolute atomic E-state index is 6.46. The van der Waals surface area contributed by atoms with Crippen molar-refractivity contribution in [1.82, 2.24) is 4.90 Å². The number of nitrogens with zero attached hydrogens (tertiary/aromatic N) is 1. The van der Waals surface area contributed by atoms with Crippen molar-refractivity contribution in [3.05, 3.63) is 35.9 Å². The van der Waals surface area contributed by atoms with Crippen LogP contribution in [0.5, 0.6) is 0 Å². The average Bonchev–Trinajstić information content (AvgIpc) is 2.40. The maximum atomic E-state index is 6.46. The van der Waals surface area contributed by atoms with E-state index in [0.717, 1.165) is 5.92 Å². The molecule has 2 heteroatoms. The lowest BCUT2D eigenvalue weighted by molar-refractivity contribution is 0.0171. The Kier molecular flexibility index (Phi) is 2.93. The SMILES string of the molecule is CC(c1ccccc1)[C@@H]1[C@@H](N)C2CCN1CC2. The highest BCUT2D eigenvalue weighted by Crippen LogP contribution is 2.37. The zero-order chi connectivity index (χ0) is 11.8. The fourth-order valence-corrected chi connectivity index (χ4v) is 3.73. The third-order valence-electron chi connectivity index (χ3n) is 4.77. The molecule has 3 fully saturated rings. The molecule has 0 saturated carbocycles. The second kappa shape index (κ2) is 4.43. The molecule has 0 spiro atoms. The lowest BCUT2D eigenvalue weighted by atomic mass is 9.73. The van der Waals surface area contributed by atoms with Gasteiger partial charge in [0, 0.05) is 12.1 Å². The standard InChI is InChI=1S/C15H22N2/c1-11(12-5-3-2-4-6-12)15-14(16)13-7-9-17(15)10-8-13/h2-6,11,13-15H,7-10,16H2,1H3/t11?,14-,15+/m0/s1. The van der Waals surface area contributed by atoms with Gasteiger partial charge >= 0.3 is 0 Å². The van der Waals surface area contributed by atoms with Crippen molar-refractivity contribution in [2.45, 2.75) is 37.8 Å². The monoisotopic (exact) mass is 230 g/mol. The highest BCUT2D eigenvalue weighted by atomic mass is 15.2. The number of rotatable bonds is 2. The normalized spacial score (nSPS) is 38.0. The Hall–Kier alpha value is -0.860. The minimum absolute atomic E-state index is 0.368. The highest BCUT2D eigenvalue weighted by molar-refractivity contribution is 5.22. The Bertz CT molecular complexity index is 366. The summed E-state index contributed by atoms with van der Waals surface area (Å²) in [5.74, 6) is 1.31. The van der Waals surface area contributed by atoms with Crippen LogP contribution in [0, 0.1) is 5.92 Å². The summed E-state index contributed by atoms with van der Waals surface area (Å²) in [6, 6.07) is 11.7. The van der Waals surface area contributed by atoms with Gasteiger partial charge in [-0.1, -0.05) is 37.3 Å². The van der Waals surface area contributed by atoms with Gasteiger partial charge in [-0.3, -0.25) is 4.90 Å². The zero-order valence-corrected chi connectivity index (χ0v) is 10.5. The van der Waals surface area contributed by atoms with Gasteiger partial charge in [0.2, 0.25) is 0 Å². The zero-order valence-electron chi connectivity index (χ0n) is 10.5. The molecule has 1 aromatic carbocycles. The molecule has 17 heavy (non-hydrogen) atoms. The Morgan fingerprint density at radius 2 is 1.82 bits per heavy atom. The quantitative estimate of drug-likeness (QED) is 0.844. The summed E-state index contributed by atoms with van der Waals surface area (Å²) in [4.78, 5) is 2.61. The lowest BCUT2D eigenvalue weighted by Gasteiger charge is -2.52. The van der Waals surface area contributed by atoms with Crippen molar-refractivity contribution >= 4 is 0 Å². The second-order valence-corrected chi connectivity index (χ2v) is 5.64. The molecule has 3 aliphatic rings. The van der Waals surface area contributed by atoms with E-state index in [1.807, 2.05) is 0 Å². The molecule has 2 N–H and O–H groups in total. The van der Waals surface area contributed by atoms with Gasteiger partial charge < -0.3 is 5.73 Å². The van der Waals surface area contributed by atoms with E-state index in [1.54, 1.807) is 0 Å². The van der Waals surface area contributed by atoms with Crippen molar-refractivity contribution in [3.8, 4) is 0 Å². The van der Waals surface area contributed by atoms with E-state index in [-0.39, 0.29) is 0 Å². The van der Waals surface area contributed by atoms with Gasteiger partial charge in [0.1, 0.15) is 0 Å². The van der Waals surface area contributed by atoms with E-state index in [9.17, 15) is 0 Å². The van der Waals surface area contributed by atoms with Crippen molar-refractivity contribution < 1.29 is 0 Å². The minimum Gasteiger partial charge on any atom is -0.326 e. The topological polar surface area (TPSA) is 29.3 Å². The molecule has 3 aliphatic heterocycles. The highest BCUT2D eigenvalue weighted by Gasteiger charge is 2.42. The molecule has 3 saturated heterocycles. The van der Waals surface area contributed by atoms with Crippen LogP contribution < -0.4 is 5.73 Å². The fraction of sp³-hybridized carbons (Fsp3) is 0.600. The molecule has 0 radical (unpaired) electrons. The van der Waals surface area contributed by atoms with Crippen LogP contribution in [0.15, 0.2) is 30.3 Å². The summed E-state index contributed by atoms with van der Waals surface area (Å²) in [7, 11) is 0. The lowest BCUT2D eigenvalue weighted by Crippen LogP contribution is -2.62. The smallest absolute Gasteiger partial charge is 0.0315 e. The molecule has 0 aliphatic carbocycles. The number of fused-ring (bicyclic) bond motifs is 3. The van der Waals surface area contributed by atoms with Crippen molar-refractivity contribution in [2.24, 2.45) is 11.7 Å². The van der Waals surface area contributed by atoms with Gasteiger partial charge in [-0.15, -0.1) is 0 Å². The largest absolute Gasteiger partial charge is 0.326 e. The van der Waals surface area contributed by atoms with E-state index < -0.39 is 0 Å². The van der Waals surface area contributed by atoms with Crippen LogP contribution in [0.2, 0.25) is 0 Å². The molecule has 0 amide bonds. The third-order valence-corrected chi connectivity index (χ3v) is 4.77. The first-order valence-corrected chi connectivity index (χ1v) is 6.82. The molecular weight excluding hydrogens is 208 g/mol. The second-order valence-electron chi connectivity index (χ2n) is 5.64. The number of piperidine rings is 3. The molecule has 4 rings (SSSR count). The molecule has 0 aromatic heterocycles. The molecule has 92 valence electrons. The number of hydrogen-bond acceptors (Lipinski definition) is 2. The summed E-state index contributed by atoms with van der Waals surface area (Å²) < 4.78 is 0. The molecule has 3 atom stereocenters. The Morgan fingerprint density at radius 3 is 2.41 bits per heavy atom. The van der Waals surface area contributed by atoms with Crippen LogP contribution in [-0.2, 0) is 0 Å². The third kappa shape index (κ3) is 1.90. The number of hydrogen-bond donors (Lipinski definition) is 1. The van der Waals surface area contributed by atoms with Crippen LogP contribution in [-0.4, -0.2) is 30.1 Å². The molecule has 3 heterocycles. The van der Waals surface area contributed by atoms with Crippen LogP contribution in [0.4, 0.5) is 0 Å². The predicted octanol–water partition coefficient (Wildman–Crippen LogP) is 2.21. The van der Waals surface area contributed by atoms with Gasteiger partial charge in [0.05, 0.1) is 0 Å². The first-order chi connectivity index (χ1) is 8.27. The van der Waals surface area contributed by atoms with Crippen LogP contribution >= 0.6 is 0 Å². The molecule has 1 aromatic rings. The molecule has 2 bridgehead atoms. The maximum Gasteiger partial charge on any atom is 0.0315 e. The van der Waals surface area contributed by atoms with Crippen molar-refractivity contribution in [2.75, 3.05) is 13.1 Å². The van der Waals surface area contributed by atoms with E-state index in [1.165, 1.54) is 31.5 Å². The summed E-state index contributed by atoms with van der Waals surface area (Å²) in [6.45, 7) is 4.83. The van der Waals surface area contributed by atoms with Crippen molar-refractivity contribution in [3.63, 3.8) is 0 Å². The average molecular weight is 230 g/mol. The summed E-state index contributed by atoms with van der Waals surface area (Å²) >= 11 is 0. The van der Waals surface area contributed by atoms with Gasteiger partial charge in [0.25, 0.3) is 0 Å². The minimum atomic E-state index is 0.368. The van der Waals surface area contributed by atoms with E-state index in [4.69, 9.17) is 5.73 Å². The Morgan fingerprint density at radius 1 is 1.18 bits per heavy atom. The van der Waals surface area contributed by atoms with E-state index >= 15 is 0 Å². The predicted molar refractivity (Wildman–Crippen MR) is 70.9 cm³/mol.